The largest absolute Gasteiger partial charge is 0.302 e. The van der Waals surface area contributed by atoms with Crippen molar-refractivity contribution >= 4 is 0 Å². The number of hydrogen-bond donors (Lipinski definition) is 2. The van der Waals surface area contributed by atoms with Crippen molar-refractivity contribution in [3.05, 3.63) is 35.6 Å². The Morgan fingerprint density at radius 2 is 1.71 bits per heavy atom. The van der Waals surface area contributed by atoms with Crippen molar-refractivity contribution in [2.24, 2.45) is 5.84 Å². The first kappa shape index (κ1) is 16.4. The molecule has 0 aromatic heterocycles. The summed E-state index contributed by atoms with van der Waals surface area (Å²) in [6.07, 6.45) is 8.27. The van der Waals surface area contributed by atoms with E-state index >= 15 is 0 Å². The van der Waals surface area contributed by atoms with E-state index in [-0.39, 0.29) is 17.4 Å². The van der Waals surface area contributed by atoms with Gasteiger partial charge in [-0.1, -0.05) is 37.8 Å². The van der Waals surface area contributed by atoms with Crippen molar-refractivity contribution in [2.75, 3.05) is 14.1 Å². The fourth-order valence-corrected chi connectivity index (χ4v) is 3.71. The summed E-state index contributed by atoms with van der Waals surface area (Å²) in [4.78, 5) is 2.34. The second-order valence-corrected chi connectivity index (χ2v) is 6.46. The highest BCUT2D eigenvalue weighted by Gasteiger charge is 2.40. The first-order valence-electron chi connectivity index (χ1n) is 7.96. The molecule has 3 nitrogen and oxygen atoms in total. The van der Waals surface area contributed by atoms with Crippen LogP contribution in [0.1, 0.15) is 44.1 Å². The lowest BCUT2D eigenvalue weighted by atomic mass is 9.79. The highest BCUT2D eigenvalue weighted by molar-refractivity contribution is 5.19. The predicted octanol–water partition coefficient (Wildman–Crippen LogP) is 2.85. The molecular weight excluding hydrogens is 265 g/mol. The highest BCUT2D eigenvalue weighted by Crippen LogP contribution is 2.35. The molecule has 0 heterocycles. The van der Waals surface area contributed by atoms with Gasteiger partial charge in [0, 0.05) is 11.6 Å². The zero-order valence-electron chi connectivity index (χ0n) is 13.2. The predicted molar refractivity (Wildman–Crippen MR) is 85.3 cm³/mol. The van der Waals surface area contributed by atoms with Gasteiger partial charge in [0.05, 0.1) is 0 Å². The molecule has 3 N–H and O–H groups in total. The molecule has 0 saturated heterocycles. The third-order valence-corrected chi connectivity index (χ3v) is 5.06. The van der Waals surface area contributed by atoms with E-state index in [2.05, 4.69) is 24.4 Å². The van der Waals surface area contributed by atoms with Gasteiger partial charge in [-0.2, -0.15) is 0 Å². The normalized spacial score (nSPS) is 20.2. The van der Waals surface area contributed by atoms with Gasteiger partial charge in [-0.25, -0.2) is 4.39 Å². The zero-order valence-corrected chi connectivity index (χ0v) is 13.2. The molecule has 21 heavy (non-hydrogen) atoms. The minimum absolute atomic E-state index is 0.0830. The molecule has 1 aliphatic carbocycles. The number of hydrogen-bond acceptors (Lipinski definition) is 3. The van der Waals surface area contributed by atoms with Crippen LogP contribution in [0.4, 0.5) is 4.39 Å². The number of hydrazine groups is 1. The number of nitrogens with one attached hydrogen (secondary N) is 1. The van der Waals surface area contributed by atoms with Crippen molar-refractivity contribution in [3.8, 4) is 0 Å². The molecule has 1 unspecified atom stereocenters. The number of rotatable bonds is 5. The first-order valence-corrected chi connectivity index (χ1v) is 7.96. The van der Waals surface area contributed by atoms with Gasteiger partial charge in [0.2, 0.25) is 0 Å². The third kappa shape index (κ3) is 3.82. The molecule has 0 aliphatic heterocycles. The van der Waals surface area contributed by atoms with Crippen LogP contribution in [0.2, 0.25) is 0 Å². The second-order valence-electron chi connectivity index (χ2n) is 6.46. The molecule has 4 heteroatoms. The Balaban J connectivity index is 2.20. The Labute approximate surface area is 127 Å². The van der Waals surface area contributed by atoms with E-state index in [4.69, 9.17) is 5.84 Å². The van der Waals surface area contributed by atoms with Crippen LogP contribution in [0, 0.1) is 5.82 Å². The molecule has 0 amide bonds. The maximum absolute atomic E-state index is 13.1. The number of nitrogens with zero attached hydrogens (tertiary/aromatic N) is 1. The van der Waals surface area contributed by atoms with Crippen LogP contribution in [0.25, 0.3) is 0 Å². The number of likely N-dealkylation sites (N-methyl/N-ethyl adjacent to an activating group) is 1. The topological polar surface area (TPSA) is 41.3 Å². The maximum Gasteiger partial charge on any atom is 0.123 e. The summed E-state index contributed by atoms with van der Waals surface area (Å²) in [7, 11) is 4.31. The summed E-state index contributed by atoms with van der Waals surface area (Å²) in [5.74, 6) is 5.72. The minimum Gasteiger partial charge on any atom is -0.302 e. The monoisotopic (exact) mass is 293 g/mol. The van der Waals surface area contributed by atoms with Gasteiger partial charge >= 0.3 is 0 Å². The molecule has 0 bridgehead atoms. The van der Waals surface area contributed by atoms with Crippen LogP contribution in [-0.2, 0) is 6.42 Å². The van der Waals surface area contributed by atoms with Crippen LogP contribution in [-0.4, -0.2) is 30.6 Å². The first-order chi connectivity index (χ1) is 10.1. The molecule has 1 fully saturated rings. The quantitative estimate of drug-likeness (QED) is 0.498. The third-order valence-electron chi connectivity index (χ3n) is 5.06. The Morgan fingerprint density at radius 1 is 1.14 bits per heavy atom. The van der Waals surface area contributed by atoms with E-state index in [1.54, 1.807) is 0 Å². The molecule has 1 aromatic rings. The lowest BCUT2D eigenvalue weighted by Gasteiger charge is -2.45. The van der Waals surface area contributed by atoms with E-state index in [0.717, 1.165) is 24.8 Å². The lowest BCUT2D eigenvalue weighted by molar-refractivity contribution is 0.0801. The SMILES string of the molecule is CN(C)C1(C(Cc2ccc(F)cc2)NN)CCCCCC1. The Hall–Kier alpha value is -0.970. The van der Waals surface area contributed by atoms with E-state index in [0.29, 0.717) is 0 Å². The van der Waals surface area contributed by atoms with Crippen LogP contribution in [0.15, 0.2) is 24.3 Å². The molecule has 0 radical (unpaired) electrons. The molecular formula is C17H28FN3. The van der Waals surface area contributed by atoms with E-state index in [1.807, 2.05) is 12.1 Å². The van der Waals surface area contributed by atoms with E-state index < -0.39 is 0 Å². The van der Waals surface area contributed by atoms with Gasteiger partial charge in [0.25, 0.3) is 0 Å². The molecule has 1 saturated carbocycles. The Bertz CT molecular complexity index is 422. The highest BCUT2D eigenvalue weighted by atomic mass is 19.1. The van der Waals surface area contributed by atoms with Gasteiger partial charge in [0.15, 0.2) is 0 Å². The van der Waals surface area contributed by atoms with Crippen LogP contribution >= 0.6 is 0 Å². The number of halogens is 1. The van der Waals surface area contributed by atoms with Crippen molar-refractivity contribution in [2.45, 2.75) is 56.5 Å². The number of nitrogens with two attached hydrogens (primary N) is 1. The fourth-order valence-electron chi connectivity index (χ4n) is 3.71. The smallest absolute Gasteiger partial charge is 0.123 e. The summed E-state index contributed by atoms with van der Waals surface area (Å²) >= 11 is 0. The maximum atomic E-state index is 13.1. The molecule has 2 rings (SSSR count). The molecule has 1 aromatic carbocycles. The molecule has 1 aliphatic rings. The summed E-state index contributed by atoms with van der Waals surface area (Å²) in [5, 5.41) is 0. The molecule has 118 valence electrons. The van der Waals surface area contributed by atoms with Crippen molar-refractivity contribution in [1.29, 1.82) is 0 Å². The average Bonchev–Trinajstić information content (AvgIpc) is 2.73. The summed E-state index contributed by atoms with van der Waals surface area (Å²) in [6, 6.07) is 6.95. The van der Waals surface area contributed by atoms with Crippen LogP contribution < -0.4 is 11.3 Å². The van der Waals surface area contributed by atoms with Gasteiger partial charge in [0.1, 0.15) is 5.82 Å². The molecule has 0 spiro atoms. The van der Waals surface area contributed by atoms with Crippen molar-refractivity contribution < 1.29 is 4.39 Å². The van der Waals surface area contributed by atoms with Crippen LogP contribution in [0.3, 0.4) is 0 Å². The average molecular weight is 293 g/mol. The summed E-state index contributed by atoms with van der Waals surface area (Å²) in [6.45, 7) is 0. The summed E-state index contributed by atoms with van der Waals surface area (Å²) in [5.41, 5.74) is 4.26. The Kier molecular flexibility index (Phi) is 5.73. The van der Waals surface area contributed by atoms with Crippen molar-refractivity contribution in [3.63, 3.8) is 0 Å². The molecule has 1 atom stereocenters. The van der Waals surface area contributed by atoms with E-state index in [9.17, 15) is 4.39 Å². The van der Waals surface area contributed by atoms with Gasteiger partial charge in [-0.15, -0.1) is 0 Å². The second kappa shape index (κ2) is 7.34. The lowest BCUT2D eigenvalue weighted by Crippen LogP contribution is -2.61. The summed E-state index contributed by atoms with van der Waals surface area (Å²) < 4.78 is 13.1. The van der Waals surface area contributed by atoms with Crippen LogP contribution in [0.5, 0.6) is 0 Å². The fraction of sp³-hybridized carbons (Fsp3) is 0.647. The minimum atomic E-state index is -0.187. The standard InChI is InChI=1S/C17H28FN3/c1-21(2)17(11-5-3-4-6-12-17)16(20-19)13-14-7-9-15(18)10-8-14/h7-10,16,20H,3-6,11-13,19H2,1-2H3. The Morgan fingerprint density at radius 3 is 2.19 bits per heavy atom. The van der Waals surface area contributed by atoms with E-state index in [1.165, 1.54) is 37.8 Å². The van der Waals surface area contributed by atoms with Gasteiger partial charge in [-0.3, -0.25) is 11.3 Å². The number of benzene rings is 1. The van der Waals surface area contributed by atoms with Gasteiger partial charge in [-0.05, 0) is 51.1 Å². The van der Waals surface area contributed by atoms with Crippen molar-refractivity contribution in [1.82, 2.24) is 10.3 Å². The van der Waals surface area contributed by atoms with Gasteiger partial charge < -0.3 is 4.90 Å². The zero-order chi connectivity index (χ0) is 15.3.